The van der Waals surface area contributed by atoms with E-state index in [1.807, 2.05) is 0 Å². The molecule has 20 heavy (non-hydrogen) atoms. The van der Waals surface area contributed by atoms with E-state index in [2.05, 4.69) is 15.6 Å². The summed E-state index contributed by atoms with van der Waals surface area (Å²) in [5.41, 5.74) is 0.986. The summed E-state index contributed by atoms with van der Waals surface area (Å²) in [5, 5.41) is 6.92. The molecule has 1 aromatic heterocycles. The van der Waals surface area contributed by atoms with E-state index in [1.54, 1.807) is 14.0 Å². The van der Waals surface area contributed by atoms with Crippen molar-refractivity contribution in [1.29, 1.82) is 0 Å². The Morgan fingerprint density at radius 3 is 2.70 bits per heavy atom. The molecule has 1 aliphatic rings. The number of carbonyl (C=O) groups is 1. The molecule has 0 aliphatic carbocycles. The van der Waals surface area contributed by atoms with Gasteiger partial charge in [0.15, 0.2) is 0 Å². The highest BCUT2D eigenvalue weighted by Crippen LogP contribution is 2.27. The fraction of sp³-hybridized carbons (Fsp3) is 0.583. The van der Waals surface area contributed by atoms with Crippen LogP contribution >= 0.6 is 35.6 Å². The third-order valence-electron chi connectivity index (χ3n) is 3.39. The summed E-state index contributed by atoms with van der Waals surface area (Å²) in [4.78, 5) is 15.0. The molecule has 2 heterocycles. The molecule has 0 aromatic carbocycles. The Morgan fingerprint density at radius 1 is 1.45 bits per heavy atom. The van der Waals surface area contributed by atoms with E-state index >= 15 is 0 Å². The van der Waals surface area contributed by atoms with Crippen molar-refractivity contribution in [1.82, 2.24) is 15.6 Å². The van der Waals surface area contributed by atoms with Crippen molar-refractivity contribution >= 4 is 41.5 Å². The van der Waals surface area contributed by atoms with Gasteiger partial charge in [-0.1, -0.05) is 23.2 Å². The molecule has 0 unspecified atom stereocenters. The number of piperidine rings is 1. The standard InChI is InChI=1S/C12H17Cl2N3O2.ClH/c1-6-9(13)10(17-11(6)14)12(18)16-7-3-4-15-5-8(7)19-2;/h7-8,15,17H,3-5H2,1-2H3,(H,16,18);1H/t7-,8-;/m1./s1. The molecule has 1 aliphatic heterocycles. The molecule has 1 fully saturated rings. The average Bonchev–Trinajstić information content (AvgIpc) is 2.67. The topological polar surface area (TPSA) is 66.2 Å². The predicted octanol–water partition coefficient (Wildman–Crippen LogP) is 2.16. The first-order valence-electron chi connectivity index (χ1n) is 6.12. The zero-order valence-corrected chi connectivity index (χ0v) is 13.6. The summed E-state index contributed by atoms with van der Waals surface area (Å²) in [5.74, 6) is -0.256. The van der Waals surface area contributed by atoms with Crippen molar-refractivity contribution in [2.75, 3.05) is 20.2 Å². The summed E-state index contributed by atoms with van der Waals surface area (Å²) in [6.45, 7) is 3.34. The highest BCUT2D eigenvalue weighted by Gasteiger charge is 2.28. The molecule has 1 amide bonds. The van der Waals surface area contributed by atoms with Crippen molar-refractivity contribution in [2.45, 2.75) is 25.5 Å². The Bertz CT molecular complexity index is 479. The van der Waals surface area contributed by atoms with Gasteiger partial charge in [0, 0.05) is 19.2 Å². The minimum atomic E-state index is -0.256. The maximum Gasteiger partial charge on any atom is 0.269 e. The van der Waals surface area contributed by atoms with Gasteiger partial charge in [-0.2, -0.15) is 0 Å². The number of aromatic amines is 1. The Hall–Kier alpha value is -0.460. The van der Waals surface area contributed by atoms with E-state index in [9.17, 15) is 4.79 Å². The van der Waals surface area contributed by atoms with Gasteiger partial charge in [-0.25, -0.2) is 0 Å². The van der Waals surface area contributed by atoms with Crippen LogP contribution in [0.5, 0.6) is 0 Å². The van der Waals surface area contributed by atoms with Crippen LogP contribution in [-0.4, -0.2) is 43.2 Å². The van der Waals surface area contributed by atoms with Crippen molar-refractivity contribution in [2.24, 2.45) is 0 Å². The minimum Gasteiger partial charge on any atom is -0.378 e. The summed E-state index contributed by atoms with van der Waals surface area (Å²) in [6.07, 6.45) is 0.776. The largest absolute Gasteiger partial charge is 0.378 e. The number of hydrogen-bond acceptors (Lipinski definition) is 3. The van der Waals surface area contributed by atoms with Crippen LogP contribution in [0.3, 0.4) is 0 Å². The van der Waals surface area contributed by atoms with Gasteiger partial charge < -0.3 is 20.4 Å². The second kappa shape index (κ2) is 7.52. The number of ether oxygens (including phenoxy) is 1. The summed E-state index contributed by atoms with van der Waals surface area (Å²) < 4.78 is 5.35. The lowest BCUT2D eigenvalue weighted by Gasteiger charge is -2.31. The number of methoxy groups -OCH3 is 1. The zero-order valence-electron chi connectivity index (χ0n) is 11.3. The van der Waals surface area contributed by atoms with Crippen LogP contribution in [0.4, 0.5) is 0 Å². The van der Waals surface area contributed by atoms with Gasteiger partial charge in [0.1, 0.15) is 10.8 Å². The van der Waals surface area contributed by atoms with Crippen molar-refractivity contribution in [3.05, 3.63) is 21.4 Å². The number of nitrogens with one attached hydrogen (secondary N) is 3. The van der Waals surface area contributed by atoms with Gasteiger partial charge in [-0.15, -0.1) is 12.4 Å². The van der Waals surface area contributed by atoms with E-state index in [0.29, 0.717) is 21.4 Å². The van der Waals surface area contributed by atoms with Crippen LogP contribution in [-0.2, 0) is 4.74 Å². The fourth-order valence-electron chi connectivity index (χ4n) is 2.18. The van der Waals surface area contributed by atoms with Gasteiger partial charge in [-0.05, 0) is 19.9 Å². The molecular formula is C12H18Cl3N3O2. The van der Waals surface area contributed by atoms with E-state index < -0.39 is 0 Å². The highest BCUT2D eigenvalue weighted by molar-refractivity contribution is 6.38. The van der Waals surface area contributed by atoms with Crippen LogP contribution in [0.15, 0.2) is 0 Å². The second-order valence-corrected chi connectivity index (χ2v) is 5.36. The molecule has 8 heteroatoms. The smallest absolute Gasteiger partial charge is 0.269 e. The third-order valence-corrected chi connectivity index (χ3v) is 4.24. The first kappa shape index (κ1) is 17.6. The SMILES string of the molecule is CO[C@@H]1CNCC[C@H]1NC(=O)c1[nH]c(Cl)c(C)c1Cl.Cl. The normalized spacial score (nSPS) is 22.2. The third kappa shape index (κ3) is 3.59. The Balaban J connectivity index is 0.00000200. The molecule has 0 bridgehead atoms. The number of aromatic nitrogens is 1. The molecule has 0 radical (unpaired) electrons. The van der Waals surface area contributed by atoms with Crippen LogP contribution in [0.2, 0.25) is 10.2 Å². The first-order valence-corrected chi connectivity index (χ1v) is 6.88. The van der Waals surface area contributed by atoms with E-state index in [4.69, 9.17) is 27.9 Å². The molecule has 1 saturated heterocycles. The van der Waals surface area contributed by atoms with Crippen LogP contribution in [0.25, 0.3) is 0 Å². The Morgan fingerprint density at radius 2 is 2.15 bits per heavy atom. The average molecular weight is 343 g/mol. The number of H-pyrrole nitrogens is 1. The monoisotopic (exact) mass is 341 g/mol. The first-order chi connectivity index (χ1) is 9.04. The van der Waals surface area contributed by atoms with Gasteiger partial charge >= 0.3 is 0 Å². The molecule has 5 nitrogen and oxygen atoms in total. The van der Waals surface area contributed by atoms with Crippen LogP contribution < -0.4 is 10.6 Å². The zero-order chi connectivity index (χ0) is 14.0. The van der Waals surface area contributed by atoms with Crippen LogP contribution in [0.1, 0.15) is 22.5 Å². The van der Waals surface area contributed by atoms with E-state index in [0.717, 1.165) is 19.5 Å². The van der Waals surface area contributed by atoms with Gasteiger partial charge in [0.05, 0.1) is 17.2 Å². The van der Waals surface area contributed by atoms with E-state index in [1.165, 1.54) is 0 Å². The molecule has 1 aromatic rings. The van der Waals surface area contributed by atoms with Crippen molar-refractivity contribution in [3.63, 3.8) is 0 Å². The Kier molecular flexibility index (Phi) is 6.61. The maximum absolute atomic E-state index is 12.2. The lowest BCUT2D eigenvalue weighted by Crippen LogP contribution is -2.53. The van der Waals surface area contributed by atoms with Gasteiger partial charge in [0.2, 0.25) is 0 Å². The van der Waals surface area contributed by atoms with Gasteiger partial charge in [-0.3, -0.25) is 4.79 Å². The number of amides is 1. The Labute approximate surface area is 134 Å². The molecule has 114 valence electrons. The highest BCUT2D eigenvalue weighted by atomic mass is 35.5. The quantitative estimate of drug-likeness (QED) is 0.788. The van der Waals surface area contributed by atoms with Crippen molar-refractivity contribution in [3.8, 4) is 0 Å². The summed E-state index contributed by atoms with van der Waals surface area (Å²) in [6, 6.07) is -0.0304. The summed E-state index contributed by atoms with van der Waals surface area (Å²) >= 11 is 12.0. The lowest BCUT2D eigenvalue weighted by atomic mass is 10.0. The number of rotatable bonds is 3. The number of carbonyl (C=O) groups excluding carboxylic acids is 1. The fourth-order valence-corrected chi connectivity index (χ4v) is 2.65. The number of hydrogen-bond donors (Lipinski definition) is 3. The molecule has 2 atom stereocenters. The molecule has 3 N–H and O–H groups in total. The minimum absolute atomic E-state index is 0. The van der Waals surface area contributed by atoms with Gasteiger partial charge in [0.25, 0.3) is 5.91 Å². The second-order valence-electron chi connectivity index (χ2n) is 4.60. The predicted molar refractivity (Wildman–Crippen MR) is 82.3 cm³/mol. The summed E-state index contributed by atoms with van der Waals surface area (Å²) in [7, 11) is 1.64. The van der Waals surface area contributed by atoms with Crippen molar-refractivity contribution < 1.29 is 9.53 Å². The molecule has 0 saturated carbocycles. The number of halogens is 3. The van der Waals surface area contributed by atoms with Crippen LogP contribution in [0, 0.1) is 6.92 Å². The molecule has 0 spiro atoms. The lowest BCUT2D eigenvalue weighted by molar-refractivity contribution is 0.0475. The molecule has 2 rings (SSSR count). The molecular weight excluding hydrogens is 325 g/mol. The van der Waals surface area contributed by atoms with E-state index in [-0.39, 0.29) is 30.5 Å². The maximum atomic E-state index is 12.2.